The fourth-order valence-corrected chi connectivity index (χ4v) is 3.09. The third-order valence-electron chi connectivity index (χ3n) is 3.20. The molecule has 2 N–H and O–H groups in total. The van der Waals surface area contributed by atoms with Crippen LogP contribution < -0.4 is 10.5 Å². The van der Waals surface area contributed by atoms with Gasteiger partial charge in [-0.05, 0) is 64.2 Å². The first kappa shape index (κ1) is 16.6. The Hall–Kier alpha value is -0.740. The van der Waals surface area contributed by atoms with E-state index in [-0.39, 0.29) is 6.04 Å². The summed E-state index contributed by atoms with van der Waals surface area (Å²) in [6, 6.07) is 11.6. The first-order valence-corrected chi connectivity index (χ1v) is 8.06. The van der Waals surface area contributed by atoms with Crippen molar-refractivity contribution in [3.63, 3.8) is 0 Å². The molecule has 0 aliphatic carbocycles. The molecule has 0 spiro atoms. The van der Waals surface area contributed by atoms with E-state index >= 15 is 0 Å². The second kappa shape index (κ2) is 7.50. The van der Waals surface area contributed by atoms with Gasteiger partial charge >= 0.3 is 0 Å². The van der Waals surface area contributed by atoms with Gasteiger partial charge in [0.2, 0.25) is 0 Å². The first-order valence-electron chi connectivity index (χ1n) is 6.51. The average Bonchev–Trinajstić information content (AvgIpc) is 2.43. The van der Waals surface area contributed by atoms with Gasteiger partial charge in [0.25, 0.3) is 0 Å². The number of hydrogen-bond donors (Lipinski definition) is 1. The van der Waals surface area contributed by atoms with Crippen molar-refractivity contribution in [1.29, 1.82) is 0 Å². The van der Waals surface area contributed by atoms with Crippen molar-refractivity contribution in [2.75, 3.05) is 7.11 Å². The van der Waals surface area contributed by atoms with Crippen molar-refractivity contribution in [3.8, 4) is 5.75 Å². The predicted octanol–water partition coefficient (Wildman–Crippen LogP) is 4.88. The number of halogens is 3. The van der Waals surface area contributed by atoms with Crippen LogP contribution in [0.15, 0.2) is 40.9 Å². The Balaban J connectivity index is 2.02. The van der Waals surface area contributed by atoms with Crippen LogP contribution in [0.4, 0.5) is 0 Å². The van der Waals surface area contributed by atoms with Gasteiger partial charge in [0.05, 0.1) is 21.6 Å². The minimum Gasteiger partial charge on any atom is -0.496 e. The Morgan fingerprint density at radius 2 is 1.67 bits per heavy atom. The van der Waals surface area contributed by atoms with Crippen molar-refractivity contribution in [3.05, 3.63) is 62.0 Å². The van der Waals surface area contributed by atoms with Gasteiger partial charge in [-0.2, -0.15) is 0 Å². The number of rotatable bonds is 5. The molecule has 2 rings (SSSR count). The summed E-state index contributed by atoms with van der Waals surface area (Å²) in [5.41, 5.74) is 8.47. The zero-order valence-electron chi connectivity index (χ0n) is 11.6. The van der Waals surface area contributed by atoms with Gasteiger partial charge in [0.15, 0.2) is 0 Å². The molecule has 0 radical (unpaired) electrons. The van der Waals surface area contributed by atoms with Crippen molar-refractivity contribution >= 4 is 39.1 Å². The molecule has 0 heterocycles. The molecular formula is C16H16BrCl2NO. The van der Waals surface area contributed by atoms with E-state index in [0.717, 1.165) is 34.2 Å². The molecule has 2 aromatic carbocycles. The average molecular weight is 389 g/mol. The van der Waals surface area contributed by atoms with E-state index < -0.39 is 0 Å². The molecule has 112 valence electrons. The van der Waals surface area contributed by atoms with Crippen LogP contribution in [0, 0.1) is 0 Å². The van der Waals surface area contributed by atoms with Crippen LogP contribution in [-0.2, 0) is 12.8 Å². The molecular weight excluding hydrogens is 373 g/mol. The topological polar surface area (TPSA) is 35.2 Å². The zero-order valence-corrected chi connectivity index (χ0v) is 14.7. The van der Waals surface area contributed by atoms with E-state index in [1.54, 1.807) is 13.2 Å². The molecule has 0 amide bonds. The van der Waals surface area contributed by atoms with Crippen LogP contribution in [0.3, 0.4) is 0 Å². The van der Waals surface area contributed by atoms with Gasteiger partial charge in [0, 0.05) is 6.04 Å². The standard InChI is InChI=1S/C16H16BrCl2NO/c1-21-16-5-3-10(8-13(16)17)6-12(20)7-11-2-4-14(18)15(19)9-11/h2-5,8-9,12H,6-7,20H2,1H3. The highest BCUT2D eigenvalue weighted by Crippen LogP contribution is 2.26. The van der Waals surface area contributed by atoms with Crippen LogP contribution in [0.25, 0.3) is 0 Å². The van der Waals surface area contributed by atoms with Crippen LogP contribution >= 0.6 is 39.1 Å². The Labute approximate surface area is 143 Å². The molecule has 0 saturated heterocycles. The normalized spacial score (nSPS) is 12.2. The maximum absolute atomic E-state index is 6.22. The van der Waals surface area contributed by atoms with Gasteiger partial charge in [-0.1, -0.05) is 35.3 Å². The van der Waals surface area contributed by atoms with Crippen LogP contribution in [0.2, 0.25) is 10.0 Å². The van der Waals surface area contributed by atoms with E-state index in [9.17, 15) is 0 Å². The highest BCUT2D eigenvalue weighted by molar-refractivity contribution is 9.10. The maximum atomic E-state index is 6.22. The molecule has 2 nitrogen and oxygen atoms in total. The number of methoxy groups -OCH3 is 1. The maximum Gasteiger partial charge on any atom is 0.133 e. The molecule has 0 aromatic heterocycles. The summed E-state index contributed by atoms with van der Waals surface area (Å²) in [6.45, 7) is 0. The summed E-state index contributed by atoms with van der Waals surface area (Å²) in [5.74, 6) is 0.816. The van der Waals surface area contributed by atoms with E-state index in [2.05, 4.69) is 15.9 Å². The number of nitrogens with two attached hydrogens (primary N) is 1. The molecule has 0 aliphatic heterocycles. The molecule has 21 heavy (non-hydrogen) atoms. The lowest BCUT2D eigenvalue weighted by Gasteiger charge is -2.13. The summed E-state index contributed by atoms with van der Waals surface area (Å²) < 4.78 is 6.15. The molecule has 2 aromatic rings. The lowest BCUT2D eigenvalue weighted by atomic mass is 10.00. The number of hydrogen-bond acceptors (Lipinski definition) is 2. The minimum absolute atomic E-state index is 0.0162. The minimum atomic E-state index is 0.0162. The summed E-state index contributed by atoms with van der Waals surface area (Å²) in [5, 5.41) is 1.13. The van der Waals surface area contributed by atoms with Crippen molar-refractivity contribution < 1.29 is 4.74 Å². The van der Waals surface area contributed by atoms with Crippen molar-refractivity contribution in [1.82, 2.24) is 0 Å². The summed E-state index contributed by atoms with van der Waals surface area (Å²) in [4.78, 5) is 0. The van der Waals surface area contributed by atoms with Gasteiger partial charge in [0.1, 0.15) is 5.75 Å². The quantitative estimate of drug-likeness (QED) is 0.792. The van der Waals surface area contributed by atoms with E-state index in [1.807, 2.05) is 30.3 Å². The van der Waals surface area contributed by atoms with E-state index in [4.69, 9.17) is 33.7 Å². The lowest BCUT2D eigenvalue weighted by Crippen LogP contribution is -2.25. The smallest absolute Gasteiger partial charge is 0.133 e. The van der Waals surface area contributed by atoms with Crippen LogP contribution in [0.5, 0.6) is 5.75 Å². The van der Waals surface area contributed by atoms with Crippen molar-refractivity contribution in [2.45, 2.75) is 18.9 Å². The summed E-state index contributed by atoms with van der Waals surface area (Å²) >= 11 is 15.4. The van der Waals surface area contributed by atoms with Crippen LogP contribution in [0.1, 0.15) is 11.1 Å². The third kappa shape index (κ3) is 4.62. The molecule has 0 bridgehead atoms. The van der Waals surface area contributed by atoms with E-state index in [0.29, 0.717) is 10.0 Å². The Kier molecular flexibility index (Phi) is 5.94. The third-order valence-corrected chi connectivity index (χ3v) is 4.55. The molecule has 0 fully saturated rings. The van der Waals surface area contributed by atoms with E-state index in [1.165, 1.54) is 0 Å². The highest BCUT2D eigenvalue weighted by Gasteiger charge is 2.09. The zero-order chi connectivity index (χ0) is 15.4. The molecule has 0 aliphatic rings. The predicted molar refractivity (Wildman–Crippen MR) is 92.5 cm³/mol. The summed E-state index contributed by atoms with van der Waals surface area (Å²) in [6.07, 6.45) is 1.53. The van der Waals surface area contributed by atoms with Gasteiger partial charge < -0.3 is 10.5 Å². The fourth-order valence-electron chi connectivity index (χ4n) is 2.18. The van der Waals surface area contributed by atoms with Crippen LogP contribution in [-0.4, -0.2) is 13.2 Å². The Bertz CT molecular complexity index is 634. The molecule has 0 saturated carbocycles. The highest BCUT2D eigenvalue weighted by atomic mass is 79.9. The van der Waals surface area contributed by atoms with Gasteiger partial charge in [-0.25, -0.2) is 0 Å². The Morgan fingerprint density at radius 3 is 2.24 bits per heavy atom. The second-order valence-corrected chi connectivity index (χ2v) is 6.55. The largest absolute Gasteiger partial charge is 0.496 e. The fraction of sp³-hybridized carbons (Fsp3) is 0.250. The molecule has 1 unspecified atom stereocenters. The first-order chi connectivity index (χ1) is 9.99. The summed E-state index contributed by atoms with van der Waals surface area (Å²) in [7, 11) is 1.65. The molecule has 1 atom stereocenters. The van der Waals surface area contributed by atoms with Gasteiger partial charge in [-0.3, -0.25) is 0 Å². The Morgan fingerprint density at radius 1 is 1.05 bits per heavy atom. The molecule has 5 heteroatoms. The lowest BCUT2D eigenvalue weighted by molar-refractivity contribution is 0.412. The van der Waals surface area contributed by atoms with Crippen molar-refractivity contribution in [2.24, 2.45) is 5.73 Å². The van der Waals surface area contributed by atoms with Gasteiger partial charge in [-0.15, -0.1) is 0 Å². The SMILES string of the molecule is COc1ccc(CC(N)Cc2ccc(Cl)c(Cl)c2)cc1Br. The second-order valence-electron chi connectivity index (χ2n) is 4.89. The number of ether oxygens (including phenoxy) is 1. The number of benzene rings is 2. The monoisotopic (exact) mass is 387 g/mol.